The second-order valence-corrected chi connectivity index (χ2v) is 5.86. The van der Waals surface area contributed by atoms with Gasteiger partial charge in [0.2, 0.25) is 0 Å². The quantitative estimate of drug-likeness (QED) is 0.616. The van der Waals surface area contributed by atoms with Crippen molar-refractivity contribution in [3.8, 4) is 0 Å². The standard InChI is InChI=1S/C18H15BrFNO3/c1-12-9-15(6-7-16(12)19)21-17(22)11-24-18(23)8-5-13-3-2-4-14(20)10-13/h2-10H,11H2,1H3,(H,21,22)/b8-5+. The van der Waals surface area contributed by atoms with Crippen molar-refractivity contribution in [1.82, 2.24) is 0 Å². The molecule has 0 saturated carbocycles. The minimum atomic E-state index is -0.679. The molecule has 2 rings (SSSR count). The van der Waals surface area contributed by atoms with Crippen molar-refractivity contribution in [2.45, 2.75) is 6.92 Å². The molecule has 0 aliphatic carbocycles. The highest BCUT2D eigenvalue weighted by Crippen LogP contribution is 2.19. The molecule has 0 aliphatic rings. The molecular formula is C18H15BrFNO3. The van der Waals surface area contributed by atoms with Crippen molar-refractivity contribution in [3.63, 3.8) is 0 Å². The predicted molar refractivity (Wildman–Crippen MR) is 93.9 cm³/mol. The fourth-order valence-corrected chi connectivity index (χ4v) is 2.13. The third kappa shape index (κ3) is 5.62. The number of aryl methyl sites for hydroxylation is 1. The van der Waals surface area contributed by atoms with Crippen LogP contribution in [0.5, 0.6) is 0 Å². The molecule has 0 bridgehead atoms. The minimum Gasteiger partial charge on any atom is -0.452 e. The van der Waals surface area contributed by atoms with E-state index in [1.807, 2.05) is 13.0 Å². The largest absolute Gasteiger partial charge is 0.452 e. The smallest absolute Gasteiger partial charge is 0.331 e. The summed E-state index contributed by atoms with van der Waals surface area (Å²) in [6.45, 7) is 1.50. The number of anilines is 1. The first-order valence-corrected chi connectivity index (χ1v) is 7.90. The van der Waals surface area contributed by atoms with Crippen LogP contribution in [0.4, 0.5) is 10.1 Å². The number of hydrogen-bond donors (Lipinski definition) is 1. The zero-order valence-electron chi connectivity index (χ0n) is 12.9. The third-order valence-electron chi connectivity index (χ3n) is 3.05. The molecule has 0 unspecified atom stereocenters. The van der Waals surface area contributed by atoms with Gasteiger partial charge in [-0.05, 0) is 54.5 Å². The molecule has 124 valence electrons. The van der Waals surface area contributed by atoms with E-state index in [0.29, 0.717) is 11.3 Å². The van der Waals surface area contributed by atoms with Gasteiger partial charge in [-0.1, -0.05) is 28.1 Å². The van der Waals surface area contributed by atoms with Crippen LogP contribution in [0.1, 0.15) is 11.1 Å². The summed E-state index contributed by atoms with van der Waals surface area (Å²) in [5, 5.41) is 2.64. The fourth-order valence-electron chi connectivity index (χ4n) is 1.88. The minimum absolute atomic E-state index is 0.394. The van der Waals surface area contributed by atoms with Crippen molar-refractivity contribution < 1.29 is 18.7 Å². The highest BCUT2D eigenvalue weighted by Gasteiger charge is 2.06. The highest BCUT2D eigenvalue weighted by molar-refractivity contribution is 9.10. The average molecular weight is 392 g/mol. The molecule has 4 nitrogen and oxygen atoms in total. The van der Waals surface area contributed by atoms with Crippen LogP contribution in [0.15, 0.2) is 53.0 Å². The SMILES string of the molecule is Cc1cc(NC(=O)COC(=O)/C=C/c2cccc(F)c2)ccc1Br. The summed E-state index contributed by atoms with van der Waals surface area (Å²) in [6.07, 6.45) is 2.56. The van der Waals surface area contributed by atoms with Crippen LogP contribution in [0.3, 0.4) is 0 Å². The van der Waals surface area contributed by atoms with Gasteiger partial charge in [-0.2, -0.15) is 0 Å². The lowest BCUT2D eigenvalue weighted by atomic mass is 10.2. The Labute approximate surface area is 147 Å². The molecule has 1 N–H and O–H groups in total. The molecule has 0 aliphatic heterocycles. The number of carbonyl (C=O) groups is 2. The lowest BCUT2D eigenvalue weighted by Gasteiger charge is -2.07. The van der Waals surface area contributed by atoms with Crippen LogP contribution >= 0.6 is 15.9 Å². The molecule has 0 aromatic heterocycles. The molecule has 0 saturated heterocycles. The topological polar surface area (TPSA) is 55.4 Å². The van der Waals surface area contributed by atoms with Crippen LogP contribution in [-0.2, 0) is 14.3 Å². The number of amides is 1. The number of hydrogen-bond acceptors (Lipinski definition) is 3. The van der Waals surface area contributed by atoms with E-state index in [-0.39, 0.29) is 0 Å². The molecule has 2 aromatic carbocycles. The number of ether oxygens (including phenoxy) is 1. The summed E-state index contributed by atoms with van der Waals surface area (Å²) in [5.74, 6) is -1.51. The van der Waals surface area contributed by atoms with Gasteiger partial charge >= 0.3 is 5.97 Å². The predicted octanol–water partition coefficient (Wildman–Crippen LogP) is 4.09. The first kappa shape index (κ1) is 17.9. The van der Waals surface area contributed by atoms with E-state index in [1.54, 1.807) is 18.2 Å². The van der Waals surface area contributed by atoms with Crippen LogP contribution < -0.4 is 5.32 Å². The Hall–Kier alpha value is -2.47. The van der Waals surface area contributed by atoms with Gasteiger partial charge in [0.15, 0.2) is 6.61 Å². The number of benzene rings is 2. The van der Waals surface area contributed by atoms with Gasteiger partial charge in [-0.25, -0.2) is 9.18 Å². The second-order valence-electron chi connectivity index (χ2n) is 5.01. The molecule has 0 atom stereocenters. The molecule has 2 aromatic rings. The van der Waals surface area contributed by atoms with Crippen molar-refractivity contribution in [1.29, 1.82) is 0 Å². The number of nitrogens with one attached hydrogen (secondary N) is 1. The normalized spacial score (nSPS) is 10.6. The maximum atomic E-state index is 13.0. The van der Waals surface area contributed by atoms with Crippen LogP contribution in [0.2, 0.25) is 0 Å². The zero-order chi connectivity index (χ0) is 17.5. The van der Waals surface area contributed by atoms with E-state index < -0.39 is 24.3 Å². The zero-order valence-corrected chi connectivity index (χ0v) is 14.5. The highest BCUT2D eigenvalue weighted by atomic mass is 79.9. The third-order valence-corrected chi connectivity index (χ3v) is 3.94. The Balaban J connectivity index is 1.82. The molecule has 24 heavy (non-hydrogen) atoms. The summed E-state index contributed by atoms with van der Waals surface area (Å²) < 4.78 is 18.8. The van der Waals surface area contributed by atoms with Gasteiger partial charge in [0.1, 0.15) is 5.82 Å². The maximum absolute atomic E-state index is 13.0. The summed E-state index contributed by atoms with van der Waals surface area (Å²) in [5.41, 5.74) is 2.12. The first-order chi connectivity index (χ1) is 11.4. The summed E-state index contributed by atoms with van der Waals surface area (Å²) in [7, 11) is 0. The molecule has 1 amide bonds. The van der Waals surface area contributed by atoms with Gasteiger partial charge in [0, 0.05) is 16.2 Å². The Morgan fingerprint density at radius 3 is 2.75 bits per heavy atom. The van der Waals surface area contributed by atoms with Gasteiger partial charge in [0.05, 0.1) is 0 Å². The van der Waals surface area contributed by atoms with Gasteiger partial charge < -0.3 is 10.1 Å². The Bertz CT molecular complexity index is 790. The van der Waals surface area contributed by atoms with E-state index in [4.69, 9.17) is 4.74 Å². The van der Waals surface area contributed by atoms with E-state index in [0.717, 1.165) is 16.1 Å². The number of carbonyl (C=O) groups excluding carboxylic acids is 2. The van der Waals surface area contributed by atoms with Crippen LogP contribution in [0.25, 0.3) is 6.08 Å². The van der Waals surface area contributed by atoms with Crippen LogP contribution in [-0.4, -0.2) is 18.5 Å². The molecule has 0 spiro atoms. The first-order valence-electron chi connectivity index (χ1n) is 7.10. The molecular weight excluding hydrogens is 377 g/mol. The Morgan fingerprint density at radius 1 is 1.25 bits per heavy atom. The summed E-state index contributed by atoms with van der Waals surface area (Å²) in [4.78, 5) is 23.3. The van der Waals surface area contributed by atoms with Gasteiger partial charge in [-0.3, -0.25) is 4.79 Å². The van der Waals surface area contributed by atoms with Crippen molar-refractivity contribution in [2.75, 3.05) is 11.9 Å². The van der Waals surface area contributed by atoms with Crippen molar-refractivity contribution in [3.05, 3.63) is 70.0 Å². The molecule has 0 radical (unpaired) electrons. The van der Waals surface area contributed by atoms with Gasteiger partial charge in [0.25, 0.3) is 5.91 Å². The van der Waals surface area contributed by atoms with E-state index in [1.165, 1.54) is 24.3 Å². The average Bonchev–Trinajstić information content (AvgIpc) is 2.54. The van der Waals surface area contributed by atoms with Crippen molar-refractivity contribution in [2.24, 2.45) is 0 Å². The number of halogens is 2. The van der Waals surface area contributed by atoms with Gasteiger partial charge in [-0.15, -0.1) is 0 Å². The second kappa shape index (κ2) is 8.40. The fraction of sp³-hybridized carbons (Fsp3) is 0.111. The van der Waals surface area contributed by atoms with E-state index in [9.17, 15) is 14.0 Å². The summed E-state index contributed by atoms with van der Waals surface area (Å²) >= 11 is 3.37. The number of esters is 1. The number of rotatable bonds is 5. The molecule has 6 heteroatoms. The lowest BCUT2D eigenvalue weighted by molar-refractivity contribution is -0.142. The van der Waals surface area contributed by atoms with Crippen molar-refractivity contribution >= 4 is 39.6 Å². The molecule has 0 fully saturated rings. The van der Waals surface area contributed by atoms with E-state index >= 15 is 0 Å². The monoisotopic (exact) mass is 391 g/mol. The Kier molecular flexibility index (Phi) is 6.26. The van der Waals surface area contributed by atoms with E-state index in [2.05, 4.69) is 21.2 Å². The van der Waals surface area contributed by atoms with Crippen LogP contribution in [0, 0.1) is 12.7 Å². The molecule has 0 heterocycles. The summed E-state index contributed by atoms with van der Waals surface area (Å²) in [6, 6.07) is 11.1. The Morgan fingerprint density at radius 2 is 2.04 bits per heavy atom. The lowest BCUT2D eigenvalue weighted by Crippen LogP contribution is -2.20. The maximum Gasteiger partial charge on any atom is 0.331 e.